The van der Waals surface area contributed by atoms with E-state index in [9.17, 15) is 4.39 Å². The molecule has 0 aliphatic rings. The van der Waals surface area contributed by atoms with Crippen LogP contribution in [0.2, 0.25) is 0 Å². The van der Waals surface area contributed by atoms with E-state index in [1.807, 2.05) is 0 Å². The quantitative estimate of drug-likeness (QED) is 0.749. The Balaban J connectivity index is 3.02. The third-order valence-electron chi connectivity index (χ3n) is 2.01. The second kappa shape index (κ2) is 4.77. The molecular weight excluding hydrogens is 181 g/mol. The number of rotatable bonds is 4. The van der Waals surface area contributed by atoms with E-state index >= 15 is 0 Å². The van der Waals surface area contributed by atoms with Crippen LogP contribution in [-0.2, 0) is 0 Å². The summed E-state index contributed by atoms with van der Waals surface area (Å²) in [4.78, 5) is 0. The molecule has 0 saturated carbocycles. The van der Waals surface area contributed by atoms with Crippen molar-refractivity contribution in [1.29, 1.82) is 0 Å². The Morgan fingerprint density at radius 3 is 2.93 bits per heavy atom. The van der Waals surface area contributed by atoms with Crippen LogP contribution in [-0.4, -0.2) is 7.11 Å². The summed E-state index contributed by atoms with van der Waals surface area (Å²) >= 11 is 0. The molecule has 0 saturated heterocycles. The van der Waals surface area contributed by atoms with E-state index in [0.29, 0.717) is 17.7 Å². The van der Waals surface area contributed by atoms with Crippen LogP contribution in [0.25, 0.3) is 0 Å². The van der Waals surface area contributed by atoms with Crippen LogP contribution in [0, 0.1) is 5.82 Å². The second-order valence-corrected chi connectivity index (χ2v) is 3.02. The van der Waals surface area contributed by atoms with Gasteiger partial charge in [0.2, 0.25) is 0 Å². The SMILES string of the molecule is C=CC[C@H](N)c1cc(F)ccc1OC. The summed E-state index contributed by atoms with van der Waals surface area (Å²) in [5, 5.41) is 0. The first-order valence-electron chi connectivity index (χ1n) is 4.39. The summed E-state index contributed by atoms with van der Waals surface area (Å²) in [7, 11) is 1.54. The van der Waals surface area contributed by atoms with E-state index in [2.05, 4.69) is 6.58 Å². The van der Waals surface area contributed by atoms with Crippen LogP contribution < -0.4 is 10.5 Å². The van der Waals surface area contributed by atoms with Gasteiger partial charge in [-0.1, -0.05) is 6.08 Å². The number of nitrogens with two attached hydrogens (primary N) is 1. The van der Waals surface area contributed by atoms with Gasteiger partial charge in [0.25, 0.3) is 0 Å². The third kappa shape index (κ3) is 2.33. The van der Waals surface area contributed by atoms with E-state index in [4.69, 9.17) is 10.5 Å². The summed E-state index contributed by atoms with van der Waals surface area (Å²) in [6.45, 7) is 3.59. The lowest BCUT2D eigenvalue weighted by molar-refractivity contribution is 0.404. The van der Waals surface area contributed by atoms with Crippen molar-refractivity contribution < 1.29 is 9.13 Å². The van der Waals surface area contributed by atoms with Crippen molar-refractivity contribution in [3.8, 4) is 5.75 Å². The van der Waals surface area contributed by atoms with Gasteiger partial charge in [-0.25, -0.2) is 4.39 Å². The van der Waals surface area contributed by atoms with Crippen LogP contribution in [0.4, 0.5) is 4.39 Å². The predicted octanol–water partition coefficient (Wildman–Crippen LogP) is 2.41. The van der Waals surface area contributed by atoms with Gasteiger partial charge in [0.1, 0.15) is 11.6 Å². The molecule has 2 nitrogen and oxygen atoms in total. The number of ether oxygens (including phenoxy) is 1. The van der Waals surface area contributed by atoms with Gasteiger partial charge in [-0.15, -0.1) is 6.58 Å². The normalized spacial score (nSPS) is 12.2. The standard InChI is InChI=1S/C11H14FNO/c1-3-4-10(13)9-7-8(12)5-6-11(9)14-2/h3,5-7,10H,1,4,13H2,2H3/t10-/m0/s1. The molecule has 1 rings (SSSR count). The highest BCUT2D eigenvalue weighted by atomic mass is 19.1. The van der Waals surface area contributed by atoms with E-state index in [0.717, 1.165) is 0 Å². The number of benzene rings is 1. The molecule has 0 fully saturated rings. The number of hydrogen-bond donors (Lipinski definition) is 1. The molecule has 1 aromatic carbocycles. The fourth-order valence-electron chi connectivity index (χ4n) is 1.30. The number of hydrogen-bond acceptors (Lipinski definition) is 2. The number of halogens is 1. The highest BCUT2D eigenvalue weighted by molar-refractivity contribution is 5.36. The zero-order valence-electron chi connectivity index (χ0n) is 8.16. The second-order valence-electron chi connectivity index (χ2n) is 3.02. The van der Waals surface area contributed by atoms with Crippen LogP contribution >= 0.6 is 0 Å². The van der Waals surface area contributed by atoms with Gasteiger partial charge in [-0.3, -0.25) is 0 Å². The van der Waals surface area contributed by atoms with Gasteiger partial charge in [0.15, 0.2) is 0 Å². The molecule has 0 radical (unpaired) electrons. The Labute approximate surface area is 83.2 Å². The van der Waals surface area contributed by atoms with Crippen molar-refractivity contribution in [2.75, 3.05) is 7.11 Å². The van der Waals surface area contributed by atoms with Crippen molar-refractivity contribution in [3.05, 3.63) is 42.2 Å². The Morgan fingerprint density at radius 1 is 1.64 bits per heavy atom. The Kier molecular flexibility index (Phi) is 3.65. The van der Waals surface area contributed by atoms with E-state index in [1.54, 1.807) is 12.1 Å². The maximum Gasteiger partial charge on any atom is 0.123 e. The molecule has 0 aliphatic carbocycles. The topological polar surface area (TPSA) is 35.2 Å². The summed E-state index contributed by atoms with van der Waals surface area (Å²) in [5.41, 5.74) is 6.51. The minimum atomic E-state index is -0.305. The number of methoxy groups -OCH3 is 1. The molecule has 0 aromatic heterocycles. The Hall–Kier alpha value is -1.35. The van der Waals surface area contributed by atoms with Crippen LogP contribution in [0.5, 0.6) is 5.75 Å². The maximum absolute atomic E-state index is 12.9. The first-order valence-corrected chi connectivity index (χ1v) is 4.39. The van der Waals surface area contributed by atoms with Gasteiger partial charge in [0.05, 0.1) is 7.11 Å². The molecular formula is C11H14FNO. The molecule has 0 amide bonds. The summed E-state index contributed by atoms with van der Waals surface area (Å²) in [5.74, 6) is 0.307. The molecule has 0 bridgehead atoms. The fourth-order valence-corrected chi connectivity index (χ4v) is 1.30. The Bertz CT molecular complexity index is 325. The molecule has 14 heavy (non-hydrogen) atoms. The summed E-state index contributed by atoms with van der Waals surface area (Å²) in [6, 6.07) is 4.06. The van der Waals surface area contributed by atoms with Crippen molar-refractivity contribution in [2.45, 2.75) is 12.5 Å². The van der Waals surface area contributed by atoms with E-state index in [1.165, 1.54) is 19.2 Å². The summed E-state index contributed by atoms with van der Waals surface area (Å²) in [6.07, 6.45) is 2.30. The van der Waals surface area contributed by atoms with Gasteiger partial charge in [-0.2, -0.15) is 0 Å². The third-order valence-corrected chi connectivity index (χ3v) is 2.01. The molecule has 1 aromatic rings. The molecule has 0 spiro atoms. The van der Waals surface area contributed by atoms with Gasteiger partial charge in [0, 0.05) is 11.6 Å². The first-order chi connectivity index (χ1) is 6.69. The largest absolute Gasteiger partial charge is 0.496 e. The lowest BCUT2D eigenvalue weighted by Gasteiger charge is -2.13. The predicted molar refractivity (Wildman–Crippen MR) is 54.7 cm³/mol. The molecule has 3 heteroatoms. The minimum absolute atomic E-state index is 0.266. The monoisotopic (exact) mass is 195 g/mol. The molecule has 0 aliphatic heterocycles. The molecule has 0 unspecified atom stereocenters. The van der Waals surface area contributed by atoms with Crippen LogP contribution in [0.15, 0.2) is 30.9 Å². The molecule has 0 heterocycles. The van der Waals surface area contributed by atoms with Crippen LogP contribution in [0.1, 0.15) is 18.0 Å². The van der Waals surface area contributed by atoms with Gasteiger partial charge >= 0.3 is 0 Å². The maximum atomic E-state index is 12.9. The zero-order valence-corrected chi connectivity index (χ0v) is 8.16. The average Bonchev–Trinajstić information content (AvgIpc) is 2.18. The lowest BCUT2D eigenvalue weighted by Crippen LogP contribution is -2.10. The van der Waals surface area contributed by atoms with Gasteiger partial charge < -0.3 is 10.5 Å². The minimum Gasteiger partial charge on any atom is -0.496 e. The summed E-state index contributed by atoms with van der Waals surface area (Å²) < 4.78 is 18.0. The van der Waals surface area contributed by atoms with Crippen molar-refractivity contribution in [1.82, 2.24) is 0 Å². The molecule has 1 atom stereocenters. The molecule has 2 N–H and O–H groups in total. The fraction of sp³-hybridized carbons (Fsp3) is 0.273. The van der Waals surface area contributed by atoms with Crippen molar-refractivity contribution in [2.24, 2.45) is 5.73 Å². The van der Waals surface area contributed by atoms with Gasteiger partial charge in [-0.05, 0) is 24.6 Å². The zero-order chi connectivity index (χ0) is 10.6. The Morgan fingerprint density at radius 2 is 2.36 bits per heavy atom. The highest BCUT2D eigenvalue weighted by Gasteiger charge is 2.11. The average molecular weight is 195 g/mol. The first kappa shape index (κ1) is 10.7. The molecule has 76 valence electrons. The lowest BCUT2D eigenvalue weighted by atomic mass is 10.0. The highest BCUT2D eigenvalue weighted by Crippen LogP contribution is 2.26. The van der Waals surface area contributed by atoms with E-state index < -0.39 is 0 Å². The van der Waals surface area contributed by atoms with Crippen molar-refractivity contribution in [3.63, 3.8) is 0 Å². The van der Waals surface area contributed by atoms with E-state index in [-0.39, 0.29) is 11.9 Å². The van der Waals surface area contributed by atoms with Crippen LogP contribution in [0.3, 0.4) is 0 Å². The van der Waals surface area contributed by atoms with Crippen molar-refractivity contribution >= 4 is 0 Å². The smallest absolute Gasteiger partial charge is 0.123 e.